The fraction of sp³-hybridized carbons (Fsp3) is 0.600. The first-order valence-corrected chi connectivity index (χ1v) is 6.92. The molecule has 1 aromatic rings. The molecule has 0 atom stereocenters. The van der Waals surface area contributed by atoms with E-state index in [0.29, 0.717) is 6.61 Å². The third-order valence-electron chi connectivity index (χ3n) is 3.75. The van der Waals surface area contributed by atoms with Crippen molar-refractivity contribution in [3.8, 4) is 5.75 Å². The summed E-state index contributed by atoms with van der Waals surface area (Å²) in [6.07, 6.45) is 5.38. The van der Waals surface area contributed by atoms with E-state index in [2.05, 4.69) is 11.9 Å². The van der Waals surface area contributed by atoms with Crippen LogP contribution in [0.5, 0.6) is 5.75 Å². The Balaban J connectivity index is 2.08. The minimum atomic E-state index is 0.698. The van der Waals surface area contributed by atoms with Gasteiger partial charge in [0.05, 0.1) is 6.61 Å². The van der Waals surface area contributed by atoms with E-state index in [4.69, 9.17) is 10.5 Å². The van der Waals surface area contributed by atoms with Gasteiger partial charge >= 0.3 is 0 Å². The van der Waals surface area contributed by atoms with Crippen molar-refractivity contribution in [1.82, 2.24) is 4.90 Å². The topological polar surface area (TPSA) is 38.5 Å². The lowest BCUT2D eigenvalue weighted by Crippen LogP contribution is -2.28. The highest BCUT2D eigenvalue weighted by atomic mass is 16.5. The zero-order valence-corrected chi connectivity index (χ0v) is 11.5. The second-order valence-electron chi connectivity index (χ2n) is 5.15. The summed E-state index contributed by atoms with van der Waals surface area (Å²) in [6, 6.07) is 6.65. The summed E-state index contributed by atoms with van der Waals surface area (Å²) in [4.78, 5) is 2.43. The largest absolute Gasteiger partial charge is 0.494 e. The fourth-order valence-corrected chi connectivity index (χ4v) is 2.76. The molecule has 0 aliphatic heterocycles. The first kappa shape index (κ1) is 13.2. The van der Waals surface area contributed by atoms with E-state index in [9.17, 15) is 0 Å². The smallest absolute Gasteiger partial charge is 0.123 e. The first-order valence-electron chi connectivity index (χ1n) is 6.92. The van der Waals surface area contributed by atoms with Crippen LogP contribution in [-0.2, 0) is 6.54 Å². The average Bonchev–Trinajstić information content (AvgIpc) is 2.86. The number of hydrogen-bond acceptors (Lipinski definition) is 3. The molecular weight excluding hydrogens is 224 g/mol. The number of ether oxygens (including phenoxy) is 1. The Morgan fingerprint density at radius 2 is 2.06 bits per heavy atom. The molecule has 2 rings (SSSR count). The maximum atomic E-state index is 5.88. The lowest BCUT2D eigenvalue weighted by atomic mass is 10.1. The van der Waals surface area contributed by atoms with Crippen molar-refractivity contribution in [3.63, 3.8) is 0 Å². The maximum absolute atomic E-state index is 5.88. The van der Waals surface area contributed by atoms with Gasteiger partial charge in [0, 0.05) is 23.8 Å². The molecule has 0 radical (unpaired) electrons. The number of nitrogen functional groups attached to an aromatic ring is 1. The van der Waals surface area contributed by atoms with Crippen molar-refractivity contribution in [3.05, 3.63) is 23.8 Å². The molecule has 1 fully saturated rings. The molecule has 1 saturated carbocycles. The van der Waals surface area contributed by atoms with E-state index < -0.39 is 0 Å². The van der Waals surface area contributed by atoms with Crippen LogP contribution in [0.4, 0.5) is 5.69 Å². The van der Waals surface area contributed by atoms with Gasteiger partial charge in [0.15, 0.2) is 0 Å². The highest BCUT2D eigenvalue weighted by molar-refractivity contribution is 5.47. The molecule has 3 heteroatoms. The van der Waals surface area contributed by atoms with E-state index in [-0.39, 0.29) is 0 Å². The molecule has 0 heterocycles. The van der Waals surface area contributed by atoms with Crippen LogP contribution in [0, 0.1) is 0 Å². The third kappa shape index (κ3) is 3.16. The van der Waals surface area contributed by atoms with Crippen LogP contribution >= 0.6 is 0 Å². The van der Waals surface area contributed by atoms with Gasteiger partial charge in [0.1, 0.15) is 5.75 Å². The first-order chi connectivity index (χ1) is 8.70. The van der Waals surface area contributed by atoms with E-state index >= 15 is 0 Å². The van der Waals surface area contributed by atoms with Crippen LogP contribution in [0.25, 0.3) is 0 Å². The minimum absolute atomic E-state index is 0.698. The summed E-state index contributed by atoms with van der Waals surface area (Å²) in [7, 11) is 2.20. The number of anilines is 1. The molecule has 0 saturated heterocycles. The minimum Gasteiger partial charge on any atom is -0.494 e. The van der Waals surface area contributed by atoms with E-state index in [1.807, 2.05) is 25.1 Å². The molecule has 18 heavy (non-hydrogen) atoms. The molecule has 1 aliphatic rings. The monoisotopic (exact) mass is 248 g/mol. The molecule has 0 bridgehead atoms. The highest BCUT2D eigenvalue weighted by Crippen LogP contribution is 2.27. The Morgan fingerprint density at radius 3 is 2.72 bits per heavy atom. The van der Waals surface area contributed by atoms with Crippen molar-refractivity contribution in [1.29, 1.82) is 0 Å². The average molecular weight is 248 g/mol. The number of hydrogen-bond donors (Lipinski definition) is 1. The van der Waals surface area contributed by atoms with E-state index in [0.717, 1.165) is 24.0 Å². The van der Waals surface area contributed by atoms with Gasteiger partial charge in [-0.15, -0.1) is 0 Å². The molecule has 1 aromatic carbocycles. The molecule has 0 spiro atoms. The summed E-state index contributed by atoms with van der Waals surface area (Å²) >= 11 is 0. The normalized spacial score (nSPS) is 16.4. The van der Waals surface area contributed by atoms with Crippen LogP contribution in [-0.4, -0.2) is 24.6 Å². The molecule has 0 amide bonds. The maximum Gasteiger partial charge on any atom is 0.123 e. The SMILES string of the molecule is CCOc1ccc(N)cc1CN(C)C1CCCC1. The molecule has 0 unspecified atom stereocenters. The summed E-state index contributed by atoms with van der Waals surface area (Å²) in [6.45, 7) is 3.63. The van der Waals surface area contributed by atoms with Crippen LogP contribution in [0.3, 0.4) is 0 Å². The van der Waals surface area contributed by atoms with Gasteiger partial charge < -0.3 is 10.5 Å². The van der Waals surface area contributed by atoms with Crippen LogP contribution in [0.2, 0.25) is 0 Å². The lowest BCUT2D eigenvalue weighted by Gasteiger charge is -2.25. The van der Waals surface area contributed by atoms with Crippen LogP contribution < -0.4 is 10.5 Å². The Hall–Kier alpha value is -1.22. The zero-order valence-electron chi connectivity index (χ0n) is 11.5. The van der Waals surface area contributed by atoms with Crippen LogP contribution in [0.15, 0.2) is 18.2 Å². The van der Waals surface area contributed by atoms with Gasteiger partial charge in [-0.2, -0.15) is 0 Å². The summed E-state index contributed by atoms with van der Waals surface area (Å²) < 4.78 is 5.67. The standard InChI is InChI=1S/C15H24N2O/c1-3-18-15-9-8-13(16)10-12(15)11-17(2)14-6-4-5-7-14/h8-10,14H,3-7,11,16H2,1-2H3. The van der Waals surface area contributed by atoms with Gasteiger partial charge in [-0.05, 0) is 45.0 Å². The number of nitrogens with zero attached hydrogens (tertiary/aromatic N) is 1. The van der Waals surface area contributed by atoms with Gasteiger partial charge in [0.25, 0.3) is 0 Å². The molecule has 2 N–H and O–H groups in total. The van der Waals surface area contributed by atoms with Crippen molar-refractivity contribution in [2.24, 2.45) is 0 Å². The zero-order chi connectivity index (χ0) is 13.0. The Bertz CT molecular complexity index is 386. The third-order valence-corrected chi connectivity index (χ3v) is 3.75. The van der Waals surface area contributed by atoms with Crippen LogP contribution in [0.1, 0.15) is 38.2 Å². The summed E-state index contributed by atoms with van der Waals surface area (Å²) in [5.74, 6) is 0.969. The number of benzene rings is 1. The molecular formula is C15H24N2O. The van der Waals surface area contributed by atoms with Gasteiger partial charge in [-0.25, -0.2) is 0 Å². The van der Waals surface area contributed by atoms with Crippen molar-refractivity contribution in [2.45, 2.75) is 45.2 Å². The molecule has 1 aliphatic carbocycles. The van der Waals surface area contributed by atoms with Gasteiger partial charge in [-0.1, -0.05) is 12.8 Å². The predicted molar refractivity (Wildman–Crippen MR) is 75.7 cm³/mol. The summed E-state index contributed by atoms with van der Waals surface area (Å²) in [5.41, 5.74) is 7.89. The second kappa shape index (κ2) is 6.10. The fourth-order valence-electron chi connectivity index (χ4n) is 2.76. The number of rotatable bonds is 5. The number of nitrogens with two attached hydrogens (primary N) is 1. The predicted octanol–water partition coefficient (Wildman–Crippen LogP) is 3.04. The molecule has 3 nitrogen and oxygen atoms in total. The highest BCUT2D eigenvalue weighted by Gasteiger charge is 2.20. The Labute approximate surface area is 110 Å². The Kier molecular flexibility index (Phi) is 4.48. The van der Waals surface area contributed by atoms with Crippen molar-refractivity contribution >= 4 is 5.69 Å². The van der Waals surface area contributed by atoms with Crippen molar-refractivity contribution in [2.75, 3.05) is 19.4 Å². The Morgan fingerprint density at radius 1 is 1.33 bits per heavy atom. The second-order valence-corrected chi connectivity index (χ2v) is 5.15. The van der Waals surface area contributed by atoms with Crippen molar-refractivity contribution < 1.29 is 4.74 Å². The van der Waals surface area contributed by atoms with Gasteiger partial charge in [0.2, 0.25) is 0 Å². The van der Waals surface area contributed by atoms with E-state index in [1.54, 1.807) is 0 Å². The lowest BCUT2D eigenvalue weighted by molar-refractivity contribution is 0.232. The van der Waals surface area contributed by atoms with E-state index in [1.165, 1.54) is 31.2 Å². The van der Waals surface area contributed by atoms with Gasteiger partial charge in [-0.3, -0.25) is 4.90 Å². The quantitative estimate of drug-likeness (QED) is 0.814. The molecule has 0 aromatic heterocycles. The molecule has 100 valence electrons. The summed E-state index contributed by atoms with van der Waals surface area (Å²) in [5, 5.41) is 0.